The van der Waals surface area contributed by atoms with Crippen LogP contribution in [0.2, 0.25) is 0 Å². The summed E-state index contributed by atoms with van der Waals surface area (Å²) in [4.78, 5) is 0. The topological polar surface area (TPSA) is 18.5 Å². The van der Waals surface area contributed by atoms with Crippen molar-refractivity contribution in [3.63, 3.8) is 0 Å². The van der Waals surface area contributed by atoms with Crippen LogP contribution in [0.25, 0.3) is 21.5 Å². The lowest BCUT2D eigenvalue weighted by Gasteiger charge is -2.24. The molecule has 0 aliphatic rings. The quantitative estimate of drug-likeness (QED) is 0.258. The van der Waals surface area contributed by atoms with Gasteiger partial charge in [-0.25, -0.2) is 0 Å². The third-order valence-electron chi connectivity index (χ3n) is 5.97. The van der Waals surface area contributed by atoms with Crippen LogP contribution in [0, 0.1) is 0 Å². The van der Waals surface area contributed by atoms with E-state index in [1.54, 1.807) is 0 Å². The van der Waals surface area contributed by atoms with Crippen molar-refractivity contribution >= 4 is 21.5 Å². The summed E-state index contributed by atoms with van der Waals surface area (Å²) >= 11 is 0. The molecule has 0 aliphatic heterocycles. The molecule has 0 saturated heterocycles. The number of rotatable bonds is 6. The summed E-state index contributed by atoms with van der Waals surface area (Å²) in [6, 6.07) is 37.4. The molecule has 0 aromatic heterocycles. The molecule has 5 aromatic carbocycles. The Kier molecular flexibility index (Phi) is 5.51. The van der Waals surface area contributed by atoms with Crippen LogP contribution in [0.5, 0.6) is 11.5 Å². The van der Waals surface area contributed by atoms with Crippen LogP contribution in [0.4, 0.5) is 0 Å². The average molecular weight is 419 g/mol. The first-order valence-electron chi connectivity index (χ1n) is 11.1. The molecule has 0 amide bonds. The molecule has 32 heavy (non-hydrogen) atoms. The van der Waals surface area contributed by atoms with E-state index >= 15 is 0 Å². The van der Waals surface area contributed by atoms with Gasteiger partial charge in [0.1, 0.15) is 12.2 Å². The molecule has 0 fully saturated rings. The predicted molar refractivity (Wildman–Crippen MR) is 132 cm³/mol. The first-order valence-corrected chi connectivity index (χ1v) is 11.1. The molecule has 5 rings (SSSR count). The molecule has 0 aliphatic carbocycles. The van der Waals surface area contributed by atoms with E-state index in [4.69, 9.17) is 9.47 Å². The summed E-state index contributed by atoms with van der Waals surface area (Å²) in [5.74, 6) is 1.58. The summed E-state index contributed by atoms with van der Waals surface area (Å²) < 4.78 is 13.3. The monoisotopic (exact) mass is 418 g/mol. The molecule has 2 unspecified atom stereocenters. The zero-order chi connectivity index (χ0) is 21.9. The molecule has 0 radical (unpaired) electrons. The third kappa shape index (κ3) is 3.80. The molecule has 2 atom stereocenters. The maximum atomic E-state index is 6.66. The van der Waals surface area contributed by atoms with E-state index in [0.29, 0.717) is 0 Å². The van der Waals surface area contributed by atoms with Crippen molar-refractivity contribution < 1.29 is 9.47 Å². The fourth-order valence-electron chi connectivity index (χ4n) is 4.25. The molecule has 0 spiro atoms. The van der Waals surface area contributed by atoms with Gasteiger partial charge in [-0.2, -0.15) is 0 Å². The molecule has 2 nitrogen and oxygen atoms in total. The van der Waals surface area contributed by atoms with Gasteiger partial charge in [0.2, 0.25) is 0 Å². The highest BCUT2D eigenvalue weighted by molar-refractivity contribution is 6.13. The Morgan fingerprint density at radius 3 is 1.09 bits per heavy atom. The van der Waals surface area contributed by atoms with Crippen molar-refractivity contribution in [2.75, 3.05) is 0 Å². The molecule has 158 valence electrons. The van der Waals surface area contributed by atoms with E-state index in [1.165, 1.54) is 0 Å². The summed E-state index contributed by atoms with van der Waals surface area (Å²) in [5, 5.41) is 4.45. The minimum absolute atomic E-state index is 0.116. The van der Waals surface area contributed by atoms with E-state index in [1.807, 2.05) is 36.4 Å². The summed E-state index contributed by atoms with van der Waals surface area (Å²) in [7, 11) is 0. The zero-order valence-electron chi connectivity index (χ0n) is 18.4. The average Bonchev–Trinajstić information content (AvgIpc) is 2.87. The van der Waals surface area contributed by atoms with Crippen molar-refractivity contribution in [1.29, 1.82) is 0 Å². The highest BCUT2D eigenvalue weighted by Crippen LogP contribution is 2.46. The molecule has 0 heterocycles. The Morgan fingerprint density at radius 1 is 0.406 bits per heavy atom. The van der Waals surface area contributed by atoms with E-state index in [-0.39, 0.29) is 12.2 Å². The van der Waals surface area contributed by atoms with E-state index < -0.39 is 0 Å². The number of fused-ring (bicyclic) bond motifs is 3. The SMILES string of the molecule is CC(Oc1c(OC(C)c2ccccc2)c2ccccc2c2ccccc12)c1ccccc1. The lowest BCUT2D eigenvalue weighted by Crippen LogP contribution is -2.08. The van der Waals surface area contributed by atoms with Gasteiger partial charge >= 0.3 is 0 Å². The van der Waals surface area contributed by atoms with Gasteiger partial charge < -0.3 is 9.47 Å². The van der Waals surface area contributed by atoms with Crippen LogP contribution in [0.15, 0.2) is 109 Å². The van der Waals surface area contributed by atoms with Crippen LogP contribution < -0.4 is 9.47 Å². The highest BCUT2D eigenvalue weighted by atomic mass is 16.5. The van der Waals surface area contributed by atoms with Crippen molar-refractivity contribution in [1.82, 2.24) is 0 Å². The minimum Gasteiger partial charge on any atom is -0.481 e. The lowest BCUT2D eigenvalue weighted by molar-refractivity contribution is 0.188. The van der Waals surface area contributed by atoms with Crippen molar-refractivity contribution in [2.45, 2.75) is 26.1 Å². The molecular formula is C30H26O2. The normalized spacial score (nSPS) is 13.1. The Balaban J connectivity index is 1.69. The van der Waals surface area contributed by atoms with Crippen LogP contribution in [-0.2, 0) is 0 Å². The van der Waals surface area contributed by atoms with Crippen molar-refractivity contribution in [2.24, 2.45) is 0 Å². The van der Waals surface area contributed by atoms with Crippen LogP contribution in [-0.4, -0.2) is 0 Å². The molecular weight excluding hydrogens is 392 g/mol. The smallest absolute Gasteiger partial charge is 0.170 e. The maximum absolute atomic E-state index is 6.66. The number of hydrogen-bond donors (Lipinski definition) is 0. The molecule has 0 N–H and O–H groups in total. The maximum Gasteiger partial charge on any atom is 0.170 e. The minimum atomic E-state index is -0.116. The van der Waals surface area contributed by atoms with E-state index in [9.17, 15) is 0 Å². The van der Waals surface area contributed by atoms with Gasteiger partial charge in [-0.1, -0.05) is 109 Å². The second-order valence-electron chi connectivity index (χ2n) is 8.09. The summed E-state index contributed by atoms with van der Waals surface area (Å²) in [6.45, 7) is 4.17. The van der Waals surface area contributed by atoms with Crippen molar-refractivity contribution in [3.05, 3.63) is 120 Å². The fraction of sp³-hybridized carbons (Fsp3) is 0.133. The second kappa shape index (κ2) is 8.76. The predicted octanol–water partition coefficient (Wildman–Crippen LogP) is 8.27. The van der Waals surface area contributed by atoms with Gasteiger partial charge in [-0.3, -0.25) is 0 Å². The summed E-state index contributed by atoms with van der Waals surface area (Å²) in [6.07, 6.45) is -0.231. The van der Waals surface area contributed by atoms with Crippen LogP contribution >= 0.6 is 0 Å². The number of hydrogen-bond acceptors (Lipinski definition) is 2. The van der Waals surface area contributed by atoms with Crippen LogP contribution in [0.3, 0.4) is 0 Å². The molecule has 2 heteroatoms. The summed E-state index contributed by atoms with van der Waals surface area (Å²) in [5.41, 5.74) is 2.26. The lowest BCUT2D eigenvalue weighted by atomic mass is 9.99. The zero-order valence-corrected chi connectivity index (χ0v) is 18.4. The molecule has 5 aromatic rings. The number of ether oxygens (including phenoxy) is 2. The Bertz CT molecular complexity index is 1240. The van der Waals surface area contributed by atoms with Gasteiger partial charge in [-0.05, 0) is 35.7 Å². The van der Waals surface area contributed by atoms with E-state index in [0.717, 1.165) is 44.2 Å². The van der Waals surface area contributed by atoms with Gasteiger partial charge in [0, 0.05) is 10.8 Å². The number of benzene rings is 5. The van der Waals surface area contributed by atoms with Gasteiger partial charge in [0.05, 0.1) is 0 Å². The standard InChI is InChI=1S/C30H26O2/c1-21(23-13-5-3-6-14-23)31-29-27-19-11-9-17-25(27)26-18-10-12-20-28(26)30(29)32-22(2)24-15-7-4-8-16-24/h3-22H,1-2H3. The third-order valence-corrected chi connectivity index (χ3v) is 5.97. The van der Waals surface area contributed by atoms with Gasteiger partial charge in [-0.15, -0.1) is 0 Å². The second-order valence-corrected chi connectivity index (χ2v) is 8.09. The van der Waals surface area contributed by atoms with Gasteiger partial charge in [0.15, 0.2) is 11.5 Å². The Labute approximate surface area is 189 Å². The fourth-order valence-corrected chi connectivity index (χ4v) is 4.25. The van der Waals surface area contributed by atoms with Crippen LogP contribution in [0.1, 0.15) is 37.2 Å². The Hall–Kier alpha value is -3.78. The van der Waals surface area contributed by atoms with Crippen molar-refractivity contribution in [3.8, 4) is 11.5 Å². The molecule has 0 bridgehead atoms. The Morgan fingerprint density at radius 2 is 0.719 bits per heavy atom. The first-order chi connectivity index (χ1) is 15.7. The molecule has 0 saturated carbocycles. The largest absolute Gasteiger partial charge is 0.481 e. The highest BCUT2D eigenvalue weighted by Gasteiger charge is 2.21. The van der Waals surface area contributed by atoms with Gasteiger partial charge in [0.25, 0.3) is 0 Å². The first kappa shape index (κ1) is 20.1. The van der Waals surface area contributed by atoms with E-state index in [2.05, 4.69) is 86.6 Å².